The highest BCUT2D eigenvalue weighted by atomic mass is 32.1. The van der Waals surface area contributed by atoms with Crippen LogP contribution in [-0.4, -0.2) is 56.5 Å². The topological polar surface area (TPSA) is 65.0 Å². The number of imidazole rings is 1. The number of nitrogens with zero attached hydrogens (tertiary/aromatic N) is 3. The highest BCUT2D eigenvalue weighted by Crippen LogP contribution is 2.25. The van der Waals surface area contributed by atoms with E-state index in [0.717, 1.165) is 43.3 Å². The quantitative estimate of drug-likeness (QED) is 0.672. The molecule has 0 radical (unpaired) electrons. The monoisotopic (exact) mass is 312 g/mol. The van der Waals surface area contributed by atoms with Crippen LogP contribution < -0.4 is 10.6 Å². The van der Waals surface area contributed by atoms with Gasteiger partial charge in [-0.25, -0.2) is 4.98 Å². The van der Waals surface area contributed by atoms with Crippen LogP contribution >= 0.6 is 11.3 Å². The fourth-order valence-corrected chi connectivity index (χ4v) is 3.10. The van der Waals surface area contributed by atoms with Crippen molar-refractivity contribution in [3.63, 3.8) is 0 Å². The highest BCUT2D eigenvalue weighted by Gasteiger charge is 2.18. The molecular weight excluding hydrogens is 288 g/mol. The maximum Gasteiger partial charge on any atom is 0.195 e. The third-order valence-corrected chi connectivity index (χ3v) is 4.12. The normalized spacial score (nSPS) is 11.4. The Labute approximate surface area is 129 Å². The molecule has 0 aromatic carbocycles. The van der Waals surface area contributed by atoms with Crippen LogP contribution in [0.5, 0.6) is 0 Å². The zero-order chi connectivity index (χ0) is 15.1. The zero-order valence-electron chi connectivity index (χ0n) is 12.7. The van der Waals surface area contributed by atoms with Gasteiger partial charge in [-0.15, -0.1) is 11.3 Å². The minimum Gasteiger partial charge on any atom is -0.385 e. The van der Waals surface area contributed by atoms with Gasteiger partial charge in [0, 0.05) is 51.9 Å². The molecule has 0 amide bonds. The number of aromatic nitrogens is 2. The van der Waals surface area contributed by atoms with Gasteiger partial charge in [0.05, 0.1) is 12.3 Å². The Hall–Kier alpha value is -1.15. The number of methoxy groups -OCH3 is 2. The van der Waals surface area contributed by atoms with Crippen molar-refractivity contribution in [3.8, 4) is 0 Å². The lowest BCUT2D eigenvalue weighted by Crippen LogP contribution is -2.30. The standard InChI is InChI=1S/C14H24N4O2S/c1-19-9-3-6-17(7-10-20-2)13-12(4-5-15)18-8-11-21-14(18)16-13/h8,11H,3-7,9-10,15H2,1-2H3. The second-order valence-electron chi connectivity index (χ2n) is 4.80. The molecule has 0 aliphatic rings. The number of hydrogen-bond acceptors (Lipinski definition) is 6. The summed E-state index contributed by atoms with van der Waals surface area (Å²) in [6, 6.07) is 0. The lowest BCUT2D eigenvalue weighted by atomic mass is 10.2. The molecule has 2 aromatic rings. The first-order valence-electron chi connectivity index (χ1n) is 7.19. The summed E-state index contributed by atoms with van der Waals surface area (Å²) in [6.07, 6.45) is 3.85. The molecule has 2 aromatic heterocycles. The van der Waals surface area contributed by atoms with Crippen LogP contribution in [0.25, 0.3) is 4.96 Å². The Morgan fingerprint density at radius 3 is 2.81 bits per heavy atom. The van der Waals surface area contributed by atoms with E-state index in [0.29, 0.717) is 13.2 Å². The van der Waals surface area contributed by atoms with E-state index in [1.165, 1.54) is 5.69 Å². The van der Waals surface area contributed by atoms with E-state index < -0.39 is 0 Å². The number of fused-ring (bicyclic) bond motifs is 1. The molecule has 0 aliphatic carbocycles. The number of nitrogens with two attached hydrogens (primary N) is 1. The van der Waals surface area contributed by atoms with Crippen LogP contribution in [0, 0.1) is 0 Å². The van der Waals surface area contributed by atoms with E-state index in [4.69, 9.17) is 20.2 Å². The molecule has 0 saturated carbocycles. The first-order chi connectivity index (χ1) is 10.3. The van der Waals surface area contributed by atoms with Crippen LogP contribution in [0.1, 0.15) is 12.1 Å². The fourth-order valence-electron chi connectivity index (χ4n) is 2.37. The van der Waals surface area contributed by atoms with Crippen LogP contribution in [-0.2, 0) is 15.9 Å². The molecule has 6 nitrogen and oxygen atoms in total. The van der Waals surface area contributed by atoms with E-state index in [2.05, 4.69) is 20.9 Å². The van der Waals surface area contributed by atoms with Crippen molar-refractivity contribution in [1.82, 2.24) is 9.38 Å². The van der Waals surface area contributed by atoms with Crippen molar-refractivity contribution >= 4 is 22.1 Å². The summed E-state index contributed by atoms with van der Waals surface area (Å²) < 4.78 is 12.5. The van der Waals surface area contributed by atoms with Crippen molar-refractivity contribution < 1.29 is 9.47 Å². The maximum absolute atomic E-state index is 5.77. The molecule has 0 bridgehead atoms. The summed E-state index contributed by atoms with van der Waals surface area (Å²) in [7, 11) is 3.45. The summed E-state index contributed by atoms with van der Waals surface area (Å²) >= 11 is 1.65. The minimum atomic E-state index is 0.618. The van der Waals surface area contributed by atoms with E-state index in [1.54, 1.807) is 25.6 Å². The van der Waals surface area contributed by atoms with E-state index in [9.17, 15) is 0 Å². The minimum absolute atomic E-state index is 0.618. The third-order valence-electron chi connectivity index (χ3n) is 3.36. The fraction of sp³-hybridized carbons (Fsp3) is 0.643. The summed E-state index contributed by atoms with van der Waals surface area (Å²) in [5, 5.41) is 2.05. The molecule has 0 fully saturated rings. The molecule has 2 rings (SSSR count). The second-order valence-corrected chi connectivity index (χ2v) is 5.68. The predicted octanol–water partition coefficient (Wildman–Crippen LogP) is 1.39. The van der Waals surface area contributed by atoms with Gasteiger partial charge in [0.1, 0.15) is 0 Å². The lowest BCUT2D eigenvalue weighted by Gasteiger charge is -2.23. The largest absolute Gasteiger partial charge is 0.385 e. The van der Waals surface area contributed by atoms with Gasteiger partial charge in [-0.2, -0.15) is 0 Å². The van der Waals surface area contributed by atoms with Crippen LogP contribution in [0.4, 0.5) is 5.82 Å². The van der Waals surface area contributed by atoms with Gasteiger partial charge in [-0.3, -0.25) is 4.40 Å². The smallest absolute Gasteiger partial charge is 0.195 e. The molecule has 118 valence electrons. The Balaban J connectivity index is 2.23. The lowest BCUT2D eigenvalue weighted by molar-refractivity contribution is 0.191. The Bertz CT molecular complexity index is 540. The predicted molar refractivity (Wildman–Crippen MR) is 86.4 cm³/mol. The number of anilines is 1. The van der Waals surface area contributed by atoms with Gasteiger partial charge in [-0.05, 0) is 13.0 Å². The van der Waals surface area contributed by atoms with E-state index >= 15 is 0 Å². The highest BCUT2D eigenvalue weighted by molar-refractivity contribution is 7.15. The van der Waals surface area contributed by atoms with Crippen LogP contribution in [0.3, 0.4) is 0 Å². The Morgan fingerprint density at radius 1 is 1.29 bits per heavy atom. The number of thiazole rings is 1. The Kier molecular flexibility index (Phi) is 6.44. The molecule has 21 heavy (non-hydrogen) atoms. The molecule has 0 spiro atoms. The van der Waals surface area contributed by atoms with Crippen molar-refractivity contribution in [1.29, 1.82) is 0 Å². The summed E-state index contributed by atoms with van der Waals surface area (Å²) in [5.41, 5.74) is 6.95. The maximum atomic E-state index is 5.77. The number of rotatable bonds is 10. The SMILES string of the molecule is COCCCN(CCOC)c1nc2sccn2c1CCN. The van der Waals surface area contributed by atoms with Crippen molar-refractivity contribution in [2.45, 2.75) is 12.8 Å². The van der Waals surface area contributed by atoms with Crippen molar-refractivity contribution in [2.24, 2.45) is 5.73 Å². The average Bonchev–Trinajstić information content (AvgIpc) is 3.06. The van der Waals surface area contributed by atoms with Crippen LogP contribution in [0.2, 0.25) is 0 Å². The van der Waals surface area contributed by atoms with E-state index in [-0.39, 0.29) is 0 Å². The molecule has 0 atom stereocenters. The summed E-state index contributed by atoms with van der Waals surface area (Å²) in [4.78, 5) is 8.07. The van der Waals surface area contributed by atoms with Crippen molar-refractivity contribution in [2.75, 3.05) is 52.0 Å². The third kappa shape index (κ3) is 3.94. The van der Waals surface area contributed by atoms with Gasteiger partial charge >= 0.3 is 0 Å². The first kappa shape index (κ1) is 16.2. The first-order valence-corrected chi connectivity index (χ1v) is 8.07. The molecule has 0 unspecified atom stereocenters. The molecular formula is C14H24N4O2S. The van der Waals surface area contributed by atoms with Crippen molar-refractivity contribution in [3.05, 3.63) is 17.3 Å². The number of hydrogen-bond donors (Lipinski definition) is 1. The molecule has 0 saturated heterocycles. The van der Waals surface area contributed by atoms with Gasteiger partial charge in [0.2, 0.25) is 0 Å². The van der Waals surface area contributed by atoms with Gasteiger partial charge in [0.25, 0.3) is 0 Å². The second kappa shape index (κ2) is 8.33. The summed E-state index contributed by atoms with van der Waals surface area (Å²) in [5.74, 6) is 1.03. The Morgan fingerprint density at radius 2 is 2.10 bits per heavy atom. The van der Waals surface area contributed by atoms with Gasteiger partial charge in [-0.1, -0.05) is 0 Å². The molecule has 2 heterocycles. The van der Waals surface area contributed by atoms with Crippen LogP contribution in [0.15, 0.2) is 11.6 Å². The molecule has 0 aliphatic heterocycles. The summed E-state index contributed by atoms with van der Waals surface area (Å²) in [6.45, 7) is 3.77. The average molecular weight is 312 g/mol. The van der Waals surface area contributed by atoms with Gasteiger partial charge in [0.15, 0.2) is 10.8 Å². The molecule has 7 heteroatoms. The molecule has 2 N–H and O–H groups in total. The zero-order valence-corrected chi connectivity index (χ0v) is 13.6. The van der Waals surface area contributed by atoms with Gasteiger partial charge < -0.3 is 20.1 Å². The van der Waals surface area contributed by atoms with E-state index in [1.807, 2.05) is 0 Å². The number of ether oxygens (including phenoxy) is 2.